The average molecular weight is 839 g/mol. The molecular formula is C46H54O11Si2. The Morgan fingerprint density at radius 2 is 0.610 bits per heavy atom. The fourth-order valence-electron chi connectivity index (χ4n) is 8.06. The lowest BCUT2D eigenvalue weighted by Gasteiger charge is -2.49. The van der Waals surface area contributed by atoms with Crippen LogP contribution in [0.15, 0.2) is 121 Å². The Morgan fingerprint density at radius 3 is 0.831 bits per heavy atom. The van der Waals surface area contributed by atoms with Crippen LogP contribution in [0.1, 0.15) is 96.8 Å². The molecule has 11 nitrogen and oxygen atoms in total. The summed E-state index contributed by atoms with van der Waals surface area (Å²) in [4.78, 5) is 57.0. The van der Waals surface area contributed by atoms with Crippen LogP contribution in [0.25, 0.3) is 0 Å². The first-order valence-corrected chi connectivity index (χ1v) is 24.2. The van der Waals surface area contributed by atoms with Crippen molar-refractivity contribution in [2.45, 2.75) is 114 Å². The molecule has 4 aromatic carbocycles. The first-order valence-electron chi connectivity index (χ1n) is 20.3. The van der Waals surface area contributed by atoms with Gasteiger partial charge in [-0.25, -0.2) is 19.2 Å². The number of carbonyl (C=O) groups is 4. The van der Waals surface area contributed by atoms with Crippen LogP contribution in [-0.2, 0) is 31.9 Å². The third kappa shape index (κ3) is 9.14. The van der Waals surface area contributed by atoms with Crippen LogP contribution in [0, 0.1) is 0 Å². The highest BCUT2D eigenvalue weighted by atomic mass is 28.5. The Hall–Kier alpha value is -4.93. The maximum atomic E-state index is 14.3. The smallest absolute Gasteiger partial charge is 0.338 e. The van der Waals surface area contributed by atoms with Gasteiger partial charge in [0.05, 0.1) is 22.3 Å². The van der Waals surface area contributed by atoms with E-state index in [9.17, 15) is 19.2 Å². The van der Waals surface area contributed by atoms with Gasteiger partial charge in [0.15, 0.2) is 24.4 Å². The summed E-state index contributed by atoms with van der Waals surface area (Å²) >= 11 is 0. The standard InChI is InChI=1S/C46H54O11Si2/c1-29(2)58(30(3)4)55-41-39(53-45(49)35-25-17-11-18-26-35)37(51-43(47)33-21-13-9-14-22-33)38(52-44(48)34-23-15-10-16-24-34)40(54-46(50)36-27-19-12-20-28-36)42(41)56-59(57-58,31(5)6)32(7)8/h9-32,37-42H,1-8H3/t37-,38-,39-,40-,41+,42+/m1/s1. The molecule has 0 aromatic heterocycles. The van der Waals surface area contributed by atoms with Gasteiger partial charge in [-0.15, -0.1) is 0 Å². The zero-order valence-electron chi connectivity index (χ0n) is 34.8. The lowest BCUT2D eigenvalue weighted by atomic mass is 9.84. The highest BCUT2D eigenvalue weighted by Gasteiger charge is 2.68. The maximum absolute atomic E-state index is 14.3. The summed E-state index contributed by atoms with van der Waals surface area (Å²) in [5, 5.41) is 0. The van der Waals surface area contributed by atoms with E-state index in [0.29, 0.717) is 0 Å². The minimum Gasteiger partial charge on any atom is -0.452 e. The number of fused-ring (bicyclic) bond motifs is 1. The Morgan fingerprint density at radius 1 is 0.390 bits per heavy atom. The van der Waals surface area contributed by atoms with E-state index in [1.54, 1.807) is 121 Å². The molecule has 6 atom stereocenters. The summed E-state index contributed by atoms with van der Waals surface area (Å²) in [6.45, 7) is 16.4. The van der Waals surface area contributed by atoms with Gasteiger partial charge in [0.1, 0.15) is 12.2 Å². The Bertz CT molecular complexity index is 1880. The van der Waals surface area contributed by atoms with Crippen molar-refractivity contribution in [3.05, 3.63) is 144 Å². The van der Waals surface area contributed by atoms with Crippen molar-refractivity contribution in [2.75, 3.05) is 0 Å². The molecule has 0 radical (unpaired) electrons. The molecule has 1 saturated heterocycles. The monoisotopic (exact) mass is 838 g/mol. The summed E-state index contributed by atoms with van der Waals surface area (Å²) in [6.07, 6.45) is -8.56. The minimum atomic E-state index is -3.45. The lowest BCUT2D eigenvalue weighted by molar-refractivity contribution is -0.214. The SMILES string of the molecule is CC(C)[Si]1(C(C)C)O[C@H]2[C@H](OC(=O)c3ccccc3)[C@H](OC(=O)c3ccccc3)[C@@H](OC(=O)c3ccccc3)[C@@H](OC(=O)c3ccccc3)[C@@H]2O[Si](C(C)C)(C(C)C)O1. The quantitative estimate of drug-likeness (QED) is 0.0768. The average Bonchev–Trinajstić information content (AvgIpc) is 3.42. The van der Waals surface area contributed by atoms with Gasteiger partial charge in [-0.05, 0) is 70.7 Å². The summed E-state index contributed by atoms with van der Waals surface area (Å²) in [6, 6.07) is 33.4. The third-order valence-electron chi connectivity index (χ3n) is 11.1. The Balaban J connectivity index is 1.63. The molecule has 0 spiro atoms. The molecule has 312 valence electrons. The van der Waals surface area contributed by atoms with Gasteiger partial charge in [-0.2, -0.15) is 0 Å². The molecule has 0 N–H and O–H groups in total. The Kier molecular flexibility index (Phi) is 13.7. The predicted octanol–water partition coefficient (Wildman–Crippen LogP) is 9.23. The molecule has 2 fully saturated rings. The number of rotatable bonds is 12. The second kappa shape index (κ2) is 18.6. The molecule has 59 heavy (non-hydrogen) atoms. The van der Waals surface area contributed by atoms with E-state index >= 15 is 0 Å². The van der Waals surface area contributed by atoms with E-state index < -0.39 is 77.6 Å². The summed E-state index contributed by atoms with van der Waals surface area (Å²) in [5.74, 6) is -3.07. The van der Waals surface area contributed by atoms with Crippen LogP contribution in [-0.4, -0.2) is 77.6 Å². The second-order valence-corrected chi connectivity index (χ2v) is 25.1. The van der Waals surface area contributed by atoms with Crippen LogP contribution in [0.3, 0.4) is 0 Å². The van der Waals surface area contributed by atoms with Gasteiger partial charge in [-0.3, -0.25) is 0 Å². The molecule has 0 amide bonds. The van der Waals surface area contributed by atoms with Crippen LogP contribution < -0.4 is 0 Å². The van der Waals surface area contributed by atoms with Gasteiger partial charge < -0.3 is 31.9 Å². The van der Waals surface area contributed by atoms with Crippen molar-refractivity contribution in [1.82, 2.24) is 0 Å². The van der Waals surface area contributed by atoms with E-state index in [1.807, 2.05) is 55.4 Å². The molecule has 6 rings (SSSR count). The Labute approximate surface area is 348 Å². The summed E-state index contributed by atoms with van der Waals surface area (Å²) in [7, 11) is -6.89. The molecule has 2 aliphatic rings. The zero-order valence-corrected chi connectivity index (χ0v) is 36.8. The van der Waals surface area contributed by atoms with Gasteiger partial charge in [0.2, 0.25) is 0 Å². The van der Waals surface area contributed by atoms with Crippen LogP contribution in [0.4, 0.5) is 0 Å². The van der Waals surface area contributed by atoms with Gasteiger partial charge in [-0.1, -0.05) is 128 Å². The normalized spacial score (nSPS) is 23.5. The largest absolute Gasteiger partial charge is 0.452 e. The topological polar surface area (TPSA) is 133 Å². The molecule has 1 heterocycles. The fraction of sp³-hybridized carbons (Fsp3) is 0.391. The first-order chi connectivity index (χ1) is 28.2. The van der Waals surface area contributed by atoms with Gasteiger partial charge in [0.25, 0.3) is 0 Å². The van der Waals surface area contributed by atoms with Crippen LogP contribution >= 0.6 is 0 Å². The number of esters is 4. The summed E-state index contributed by atoms with van der Waals surface area (Å²) in [5.41, 5.74) is 0.231. The number of hydrogen-bond acceptors (Lipinski definition) is 11. The predicted molar refractivity (Wildman–Crippen MR) is 225 cm³/mol. The van der Waals surface area contributed by atoms with Gasteiger partial charge in [0, 0.05) is 0 Å². The molecule has 1 aliphatic carbocycles. The first kappa shape index (κ1) is 43.6. The van der Waals surface area contributed by atoms with E-state index in [4.69, 9.17) is 31.9 Å². The highest BCUT2D eigenvalue weighted by Crippen LogP contribution is 2.51. The third-order valence-corrected chi connectivity index (χ3v) is 21.4. The molecule has 13 heteroatoms. The number of benzene rings is 4. The highest BCUT2D eigenvalue weighted by molar-refractivity contribution is 6.84. The zero-order chi connectivity index (χ0) is 42.5. The number of ether oxygens (including phenoxy) is 4. The summed E-state index contributed by atoms with van der Waals surface area (Å²) < 4.78 is 48.1. The molecular weight excluding hydrogens is 785 g/mol. The number of hydrogen-bond donors (Lipinski definition) is 0. The van der Waals surface area contributed by atoms with Crippen molar-refractivity contribution in [3.63, 3.8) is 0 Å². The molecule has 1 aliphatic heterocycles. The van der Waals surface area contributed by atoms with E-state index in [-0.39, 0.29) is 44.4 Å². The van der Waals surface area contributed by atoms with E-state index in [0.717, 1.165) is 0 Å². The van der Waals surface area contributed by atoms with Crippen LogP contribution in [0.5, 0.6) is 0 Å². The van der Waals surface area contributed by atoms with Gasteiger partial charge >= 0.3 is 41.0 Å². The molecule has 0 unspecified atom stereocenters. The molecule has 1 saturated carbocycles. The van der Waals surface area contributed by atoms with Crippen molar-refractivity contribution in [2.24, 2.45) is 0 Å². The van der Waals surface area contributed by atoms with Crippen LogP contribution in [0.2, 0.25) is 22.2 Å². The number of carbonyl (C=O) groups excluding carboxylic acids is 4. The van der Waals surface area contributed by atoms with Crippen molar-refractivity contribution in [3.8, 4) is 0 Å². The molecule has 0 bridgehead atoms. The second-order valence-electron chi connectivity index (χ2n) is 16.3. The van der Waals surface area contributed by atoms with Crippen molar-refractivity contribution >= 4 is 41.0 Å². The fourth-order valence-corrected chi connectivity index (χ4v) is 19.4. The lowest BCUT2D eigenvalue weighted by Crippen LogP contribution is -2.70. The molecule has 4 aromatic rings. The van der Waals surface area contributed by atoms with Crippen molar-refractivity contribution < 1.29 is 51.1 Å². The van der Waals surface area contributed by atoms with E-state index in [2.05, 4.69) is 0 Å². The minimum absolute atomic E-state index is 0.149. The van der Waals surface area contributed by atoms with E-state index in [1.165, 1.54) is 0 Å². The van der Waals surface area contributed by atoms with Crippen molar-refractivity contribution in [1.29, 1.82) is 0 Å². The maximum Gasteiger partial charge on any atom is 0.338 e.